The van der Waals surface area contributed by atoms with Gasteiger partial charge in [-0.1, -0.05) is 22.8 Å². The molecular weight excluding hydrogens is 493 g/mol. The van der Waals surface area contributed by atoms with Crippen molar-refractivity contribution in [1.29, 1.82) is 0 Å². The highest BCUT2D eigenvalue weighted by atomic mass is 35.5. The van der Waals surface area contributed by atoms with Crippen LogP contribution in [0, 0.1) is 50.6 Å². The lowest BCUT2D eigenvalue weighted by molar-refractivity contribution is -0.386. The molecule has 0 radical (unpaired) electrons. The Morgan fingerprint density at radius 1 is 1.11 bits per heavy atom. The van der Waals surface area contributed by atoms with Gasteiger partial charge in [-0.2, -0.15) is 10.2 Å². The van der Waals surface area contributed by atoms with Gasteiger partial charge in [0.05, 0.1) is 35.1 Å². The Morgan fingerprint density at radius 3 is 2.42 bits per heavy atom. The van der Waals surface area contributed by atoms with Crippen LogP contribution in [-0.4, -0.2) is 35.5 Å². The van der Waals surface area contributed by atoms with Gasteiger partial charge < -0.3 is 9.84 Å². The number of halogens is 2. The number of amides is 1. The molecule has 0 fully saturated rings. The molecule has 0 saturated heterocycles. The number of carbonyl (C=O) groups is 1. The molecule has 0 spiro atoms. The Bertz CT molecular complexity index is 1500. The quantitative estimate of drug-likeness (QED) is 0.279. The number of aryl methyl sites for hydroxylation is 3. The highest BCUT2D eigenvalue weighted by molar-refractivity contribution is 6.31. The molecule has 0 saturated carbocycles. The Hall–Kier alpha value is -4.06. The molecule has 0 atom stereocenters. The summed E-state index contributed by atoms with van der Waals surface area (Å²) in [4.78, 5) is 24.1. The van der Waals surface area contributed by atoms with E-state index in [0.717, 1.165) is 0 Å². The van der Waals surface area contributed by atoms with E-state index < -0.39 is 16.6 Å². The molecule has 0 bridgehead atoms. The van der Waals surface area contributed by atoms with Crippen LogP contribution in [-0.2, 0) is 13.1 Å². The van der Waals surface area contributed by atoms with Gasteiger partial charge in [-0.05, 0) is 52.3 Å². The number of carbonyl (C=O) groups excluding carboxylic acids is 1. The molecule has 1 aromatic carbocycles. The van der Waals surface area contributed by atoms with Gasteiger partial charge in [0, 0.05) is 10.6 Å². The first-order chi connectivity index (χ1) is 17.0. The van der Waals surface area contributed by atoms with Crippen molar-refractivity contribution in [3.05, 3.63) is 84.5 Å². The van der Waals surface area contributed by atoms with E-state index in [4.69, 9.17) is 16.1 Å². The van der Waals surface area contributed by atoms with Crippen molar-refractivity contribution >= 4 is 28.9 Å². The van der Waals surface area contributed by atoms with E-state index in [2.05, 4.69) is 20.7 Å². The fourth-order valence-electron chi connectivity index (χ4n) is 4.03. The number of anilines is 1. The predicted molar refractivity (Wildman–Crippen MR) is 129 cm³/mol. The Balaban J connectivity index is 1.59. The maximum absolute atomic E-state index is 13.4. The molecule has 13 heteroatoms. The number of nitrogens with zero attached hydrogens (tertiary/aromatic N) is 6. The van der Waals surface area contributed by atoms with E-state index in [9.17, 15) is 19.3 Å². The van der Waals surface area contributed by atoms with E-state index in [1.165, 1.54) is 16.8 Å². The number of aromatic nitrogens is 5. The summed E-state index contributed by atoms with van der Waals surface area (Å²) in [5, 5.41) is 27.1. The van der Waals surface area contributed by atoms with Gasteiger partial charge in [-0.25, -0.2) is 4.39 Å². The Kier molecular flexibility index (Phi) is 6.63. The van der Waals surface area contributed by atoms with Crippen molar-refractivity contribution in [3.63, 3.8) is 0 Å². The summed E-state index contributed by atoms with van der Waals surface area (Å²) < 4.78 is 21.8. The van der Waals surface area contributed by atoms with Crippen molar-refractivity contribution < 1.29 is 18.6 Å². The van der Waals surface area contributed by atoms with E-state index in [1.807, 2.05) is 0 Å². The minimum atomic E-state index is -0.525. The smallest absolute Gasteiger partial charge is 0.312 e. The van der Waals surface area contributed by atoms with Crippen LogP contribution in [0.3, 0.4) is 0 Å². The number of hydrogen-bond acceptors (Lipinski definition) is 7. The van der Waals surface area contributed by atoms with Gasteiger partial charge in [-0.15, -0.1) is 0 Å². The maximum Gasteiger partial charge on any atom is 0.312 e. The van der Waals surface area contributed by atoms with Gasteiger partial charge in [0.15, 0.2) is 5.69 Å². The van der Waals surface area contributed by atoms with Crippen LogP contribution in [0.2, 0.25) is 5.02 Å². The summed E-state index contributed by atoms with van der Waals surface area (Å²) in [5.74, 6) is -0.562. The molecule has 1 amide bonds. The summed E-state index contributed by atoms with van der Waals surface area (Å²) in [6, 6.07) is 4.14. The van der Waals surface area contributed by atoms with Crippen LogP contribution in [0.1, 0.15) is 50.2 Å². The zero-order chi connectivity index (χ0) is 26.3. The molecule has 3 heterocycles. The molecule has 0 unspecified atom stereocenters. The molecule has 0 aliphatic rings. The van der Waals surface area contributed by atoms with Crippen molar-refractivity contribution in [2.75, 3.05) is 5.32 Å². The largest absolute Gasteiger partial charge is 0.361 e. The minimum Gasteiger partial charge on any atom is -0.361 e. The standard InChI is InChI=1S/C23H23ClFN7O4/c1-11-20(13(3)30(27-11)9-16-6-7-17(25)8-19(16)24)26-23(33)21-18(15(5)36-29-21)10-31-14(4)22(32(34)35)12(2)28-31/h6-8H,9-10H2,1-5H3,(H,26,33). The molecule has 0 aliphatic carbocycles. The lowest BCUT2D eigenvalue weighted by atomic mass is 10.1. The monoisotopic (exact) mass is 515 g/mol. The second-order valence-corrected chi connectivity index (χ2v) is 8.80. The molecule has 0 aliphatic heterocycles. The Morgan fingerprint density at radius 2 is 1.78 bits per heavy atom. The fraction of sp³-hybridized carbons (Fsp3) is 0.304. The summed E-state index contributed by atoms with van der Waals surface area (Å²) in [5.41, 5.74) is 3.45. The second kappa shape index (κ2) is 9.53. The lowest BCUT2D eigenvalue weighted by Gasteiger charge is -2.09. The highest BCUT2D eigenvalue weighted by Gasteiger charge is 2.26. The van der Waals surface area contributed by atoms with E-state index >= 15 is 0 Å². The number of hydrogen-bond donors (Lipinski definition) is 1. The van der Waals surface area contributed by atoms with Gasteiger partial charge in [-0.3, -0.25) is 24.3 Å². The Labute approximate surface area is 210 Å². The molecule has 188 valence electrons. The molecule has 11 nitrogen and oxygen atoms in total. The average molecular weight is 516 g/mol. The van der Waals surface area contributed by atoms with Crippen molar-refractivity contribution in [1.82, 2.24) is 24.7 Å². The highest BCUT2D eigenvalue weighted by Crippen LogP contribution is 2.27. The summed E-state index contributed by atoms with van der Waals surface area (Å²) in [6.07, 6.45) is 0. The third-order valence-electron chi connectivity index (χ3n) is 5.99. The third-order valence-corrected chi connectivity index (χ3v) is 6.34. The normalized spacial score (nSPS) is 11.2. The molecule has 4 aromatic rings. The number of nitro groups is 1. The first-order valence-electron chi connectivity index (χ1n) is 10.9. The van der Waals surface area contributed by atoms with Gasteiger partial charge >= 0.3 is 5.69 Å². The topological polar surface area (TPSA) is 134 Å². The van der Waals surface area contributed by atoms with Gasteiger partial charge in [0.2, 0.25) is 0 Å². The first-order valence-corrected chi connectivity index (χ1v) is 11.3. The fourth-order valence-corrected chi connectivity index (χ4v) is 4.25. The molecule has 4 rings (SSSR count). The third kappa shape index (κ3) is 4.59. The van der Waals surface area contributed by atoms with Crippen LogP contribution < -0.4 is 5.32 Å². The molecule has 3 aromatic heterocycles. The van der Waals surface area contributed by atoms with Crippen molar-refractivity contribution in [2.24, 2.45) is 0 Å². The van der Waals surface area contributed by atoms with Gasteiger partial charge in [0.1, 0.15) is 23.0 Å². The minimum absolute atomic E-state index is 0.0378. The maximum atomic E-state index is 13.4. The first kappa shape index (κ1) is 25.0. The summed E-state index contributed by atoms with van der Waals surface area (Å²) >= 11 is 6.15. The van der Waals surface area contributed by atoms with E-state index in [1.54, 1.807) is 45.4 Å². The molecule has 36 heavy (non-hydrogen) atoms. The van der Waals surface area contributed by atoms with E-state index in [-0.39, 0.29) is 35.2 Å². The van der Waals surface area contributed by atoms with Gasteiger partial charge in [0.25, 0.3) is 5.91 Å². The van der Waals surface area contributed by atoms with Crippen LogP contribution in [0.25, 0.3) is 0 Å². The second-order valence-electron chi connectivity index (χ2n) is 8.39. The SMILES string of the molecule is Cc1nn(Cc2ccc(F)cc2Cl)c(C)c1NC(=O)c1noc(C)c1Cn1nc(C)c([N+](=O)[O-])c1C. The summed E-state index contributed by atoms with van der Waals surface area (Å²) in [6.45, 7) is 8.69. The summed E-state index contributed by atoms with van der Waals surface area (Å²) in [7, 11) is 0. The van der Waals surface area contributed by atoms with E-state index in [0.29, 0.717) is 39.7 Å². The van der Waals surface area contributed by atoms with Crippen LogP contribution in [0.4, 0.5) is 15.8 Å². The van der Waals surface area contributed by atoms with Crippen molar-refractivity contribution in [2.45, 2.75) is 47.7 Å². The number of nitrogens with one attached hydrogen (secondary N) is 1. The zero-order valence-corrected chi connectivity index (χ0v) is 21.0. The van der Waals surface area contributed by atoms with Crippen LogP contribution in [0.5, 0.6) is 0 Å². The molecular formula is C23H23ClFN7O4. The van der Waals surface area contributed by atoms with Crippen LogP contribution in [0.15, 0.2) is 22.7 Å². The predicted octanol–water partition coefficient (Wildman–Crippen LogP) is 4.66. The zero-order valence-electron chi connectivity index (χ0n) is 20.2. The lowest BCUT2D eigenvalue weighted by Crippen LogP contribution is -2.17. The van der Waals surface area contributed by atoms with Crippen molar-refractivity contribution in [3.8, 4) is 0 Å². The number of rotatable bonds is 7. The van der Waals surface area contributed by atoms with Crippen LogP contribution >= 0.6 is 11.6 Å². The number of benzene rings is 1. The molecule has 1 N–H and O–H groups in total. The average Bonchev–Trinajstić information content (AvgIpc) is 3.39.